The summed E-state index contributed by atoms with van der Waals surface area (Å²) in [4.78, 5) is 17.1. The first kappa shape index (κ1) is 17.2. The molecule has 5 heteroatoms. The quantitative estimate of drug-likeness (QED) is 0.593. The number of allylic oxidation sites excluding steroid dienone is 1. The number of para-hydroxylation sites is 1. The van der Waals surface area contributed by atoms with Crippen molar-refractivity contribution in [3.8, 4) is 5.69 Å². The predicted octanol–water partition coefficient (Wildman–Crippen LogP) is 4.62. The number of aliphatic imine (C=N–C) groups is 1. The van der Waals surface area contributed by atoms with Crippen LogP contribution in [0.2, 0.25) is 0 Å². The second-order valence-corrected chi connectivity index (χ2v) is 6.42. The van der Waals surface area contributed by atoms with Gasteiger partial charge >= 0.3 is 0 Å². The van der Waals surface area contributed by atoms with Gasteiger partial charge in [0.1, 0.15) is 0 Å². The van der Waals surface area contributed by atoms with Gasteiger partial charge in [0.15, 0.2) is 5.69 Å². The Morgan fingerprint density at radius 3 is 2.28 bits per heavy atom. The smallest absolute Gasteiger partial charge is 0.283 e. The van der Waals surface area contributed by atoms with E-state index in [0.29, 0.717) is 5.69 Å². The molecule has 0 N–H and O–H groups in total. The van der Waals surface area contributed by atoms with Gasteiger partial charge in [0.25, 0.3) is 5.56 Å². The molecule has 0 aliphatic rings. The summed E-state index contributed by atoms with van der Waals surface area (Å²) in [6, 6.07) is 19.5. The second-order valence-electron chi connectivity index (χ2n) is 5.57. The zero-order valence-corrected chi connectivity index (χ0v) is 15.6. The lowest BCUT2D eigenvalue weighted by molar-refractivity contribution is 0.630. The van der Waals surface area contributed by atoms with Gasteiger partial charge in [-0.3, -0.25) is 9.48 Å². The third-order valence-electron chi connectivity index (χ3n) is 4.00. The van der Waals surface area contributed by atoms with Crippen molar-refractivity contribution in [3.05, 3.63) is 88.4 Å². The molecule has 25 heavy (non-hydrogen) atoms. The summed E-state index contributed by atoms with van der Waals surface area (Å²) in [6.07, 6.45) is 3.49. The fourth-order valence-electron chi connectivity index (χ4n) is 2.57. The summed E-state index contributed by atoms with van der Waals surface area (Å²) >= 11 is 3.53. The Morgan fingerprint density at radius 1 is 1.04 bits per heavy atom. The lowest BCUT2D eigenvalue weighted by Crippen LogP contribution is -2.19. The highest BCUT2D eigenvalue weighted by Gasteiger charge is 2.14. The molecule has 0 spiro atoms. The lowest BCUT2D eigenvalue weighted by Gasteiger charge is -2.07. The predicted molar refractivity (Wildman–Crippen MR) is 107 cm³/mol. The Kier molecular flexibility index (Phi) is 5.14. The van der Waals surface area contributed by atoms with Crippen molar-refractivity contribution >= 4 is 32.3 Å². The van der Waals surface area contributed by atoms with Gasteiger partial charge in [-0.2, -0.15) is 0 Å². The molecule has 4 nitrogen and oxygen atoms in total. The van der Waals surface area contributed by atoms with Crippen LogP contribution < -0.4 is 5.56 Å². The number of rotatable bonds is 4. The topological polar surface area (TPSA) is 39.3 Å². The van der Waals surface area contributed by atoms with Crippen molar-refractivity contribution in [1.29, 1.82) is 0 Å². The van der Waals surface area contributed by atoms with E-state index in [-0.39, 0.29) is 5.56 Å². The molecule has 0 saturated heterocycles. The van der Waals surface area contributed by atoms with Gasteiger partial charge in [-0.1, -0.05) is 64.5 Å². The van der Waals surface area contributed by atoms with Crippen LogP contribution in [0.5, 0.6) is 0 Å². The Hall–Kier alpha value is -2.66. The molecule has 0 bridgehead atoms. The minimum atomic E-state index is -0.133. The van der Waals surface area contributed by atoms with Crippen LogP contribution in [-0.4, -0.2) is 15.6 Å². The summed E-state index contributed by atoms with van der Waals surface area (Å²) in [5, 5.41) is 0. The van der Waals surface area contributed by atoms with Crippen LogP contribution in [0.1, 0.15) is 11.3 Å². The molecule has 126 valence electrons. The zero-order valence-electron chi connectivity index (χ0n) is 14.1. The Labute approximate surface area is 154 Å². The van der Waals surface area contributed by atoms with E-state index in [1.807, 2.05) is 85.4 Å². The third kappa shape index (κ3) is 3.56. The van der Waals surface area contributed by atoms with E-state index in [1.165, 1.54) is 0 Å². The molecule has 0 unspecified atom stereocenters. The highest BCUT2D eigenvalue weighted by atomic mass is 79.9. The minimum Gasteiger partial charge on any atom is -0.283 e. The Bertz CT molecular complexity index is 983. The number of benzene rings is 2. The Morgan fingerprint density at radius 2 is 1.64 bits per heavy atom. The molecule has 0 radical (unpaired) electrons. The van der Waals surface area contributed by atoms with Crippen LogP contribution >= 0.6 is 15.9 Å². The fourth-order valence-corrected chi connectivity index (χ4v) is 2.96. The maximum atomic E-state index is 12.8. The van der Waals surface area contributed by atoms with Crippen LogP contribution in [0, 0.1) is 6.92 Å². The van der Waals surface area contributed by atoms with Gasteiger partial charge < -0.3 is 0 Å². The van der Waals surface area contributed by atoms with Crippen LogP contribution in [0.3, 0.4) is 0 Å². The normalized spacial score (nSPS) is 12.0. The first-order chi connectivity index (χ1) is 12.1. The van der Waals surface area contributed by atoms with Gasteiger partial charge in [0, 0.05) is 17.7 Å². The average Bonchev–Trinajstić information content (AvgIpc) is 2.86. The molecule has 1 heterocycles. The van der Waals surface area contributed by atoms with E-state index in [1.54, 1.807) is 10.9 Å². The molecule has 3 aromatic rings. The van der Waals surface area contributed by atoms with Crippen LogP contribution in [0.25, 0.3) is 10.2 Å². The number of hydrogen-bond acceptors (Lipinski definition) is 2. The van der Waals surface area contributed by atoms with Gasteiger partial charge in [-0.05, 0) is 30.7 Å². The third-order valence-corrected chi connectivity index (χ3v) is 4.72. The highest BCUT2D eigenvalue weighted by molar-refractivity contribution is 9.15. The maximum absolute atomic E-state index is 12.8. The van der Waals surface area contributed by atoms with Crippen molar-refractivity contribution in [2.45, 2.75) is 6.92 Å². The SMILES string of the molecule is Cc1c(N=CC=C(Br)c2ccccc2)c(=O)n(-c2ccccc2)n1C. The number of aromatic nitrogens is 2. The van der Waals surface area contributed by atoms with Crippen molar-refractivity contribution in [3.63, 3.8) is 0 Å². The highest BCUT2D eigenvalue weighted by Crippen LogP contribution is 2.20. The molecule has 1 aromatic heterocycles. The summed E-state index contributed by atoms with van der Waals surface area (Å²) in [5.74, 6) is 0. The van der Waals surface area contributed by atoms with E-state index in [4.69, 9.17) is 0 Å². The van der Waals surface area contributed by atoms with Crippen molar-refractivity contribution < 1.29 is 0 Å². The first-order valence-corrected chi connectivity index (χ1v) is 8.68. The van der Waals surface area contributed by atoms with E-state index in [9.17, 15) is 4.79 Å². The molecule has 0 atom stereocenters. The Balaban J connectivity index is 1.95. The summed E-state index contributed by atoms with van der Waals surface area (Å²) in [5.41, 5.74) is 3.00. The summed E-state index contributed by atoms with van der Waals surface area (Å²) < 4.78 is 4.35. The van der Waals surface area contributed by atoms with E-state index >= 15 is 0 Å². The molecule has 0 aliphatic carbocycles. The fraction of sp³-hybridized carbons (Fsp3) is 0.100. The van der Waals surface area contributed by atoms with Gasteiger partial charge in [0.05, 0.1) is 11.4 Å². The monoisotopic (exact) mass is 395 g/mol. The van der Waals surface area contributed by atoms with Crippen molar-refractivity contribution in [2.75, 3.05) is 0 Å². The van der Waals surface area contributed by atoms with Gasteiger partial charge in [-0.25, -0.2) is 9.67 Å². The van der Waals surface area contributed by atoms with Gasteiger partial charge in [0.2, 0.25) is 0 Å². The van der Waals surface area contributed by atoms with E-state index < -0.39 is 0 Å². The standard InChI is InChI=1S/C20H18BrN3O/c1-15-19(22-14-13-18(21)16-9-5-3-6-10-16)20(25)24(23(15)2)17-11-7-4-8-12-17/h3-14H,1-2H3. The maximum Gasteiger partial charge on any atom is 0.297 e. The zero-order chi connectivity index (χ0) is 17.8. The van der Waals surface area contributed by atoms with Crippen LogP contribution in [0.15, 0.2) is 76.5 Å². The molecule has 0 aliphatic heterocycles. The molecule has 0 amide bonds. The van der Waals surface area contributed by atoms with E-state index in [0.717, 1.165) is 21.4 Å². The van der Waals surface area contributed by atoms with Crippen molar-refractivity contribution in [1.82, 2.24) is 9.36 Å². The van der Waals surface area contributed by atoms with Crippen LogP contribution in [-0.2, 0) is 7.05 Å². The molecular weight excluding hydrogens is 378 g/mol. The molecule has 0 fully saturated rings. The lowest BCUT2D eigenvalue weighted by atomic mass is 10.2. The number of nitrogens with zero attached hydrogens (tertiary/aromatic N) is 3. The first-order valence-electron chi connectivity index (χ1n) is 7.89. The molecule has 0 saturated carbocycles. The van der Waals surface area contributed by atoms with Gasteiger partial charge in [-0.15, -0.1) is 0 Å². The average molecular weight is 396 g/mol. The second kappa shape index (κ2) is 7.49. The van der Waals surface area contributed by atoms with Crippen molar-refractivity contribution in [2.24, 2.45) is 12.0 Å². The van der Waals surface area contributed by atoms with E-state index in [2.05, 4.69) is 20.9 Å². The largest absolute Gasteiger partial charge is 0.297 e. The number of hydrogen-bond donors (Lipinski definition) is 0. The molecule has 2 aromatic carbocycles. The summed E-state index contributed by atoms with van der Waals surface area (Å²) in [6.45, 7) is 1.89. The number of halogens is 1. The minimum absolute atomic E-state index is 0.133. The van der Waals surface area contributed by atoms with Crippen LogP contribution in [0.4, 0.5) is 5.69 Å². The summed E-state index contributed by atoms with van der Waals surface area (Å²) in [7, 11) is 1.86. The molecular formula is C20H18BrN3O. The molecule has 3 rings (SSSR count).